The van der Waals surface area contributed by atoms with Crippen LogP contribution in [0.1, 0.15) is 85.5 Å². The number of nitro benzene ring substituents is 2. The van der Waals surface area contributed by atoms with Crippen LogP contribution < -0.4 is 5.43 Å². The third-order valence-electron chi connectivity index (χ3n) is 9.64. The summed E-state index contributed by atoms with van der Waals surface area (Å²) in [7, 11) is 0. The van der Waals surface area contributed by atoms with E-state index in [0.717, 1.165) is 37.0 Å². The van der Waals surface area contributed by atoms with Crippen molar-refractivity contribution in [2.75, 3.05) is 5.43 Å². The fourth-order valence-electron chi connectivity index (χ4n) is 7.24. The average molecular weight is 457 g/mol. The third kappa shape index (κ3) is 4.02. The summed E-state index contributed by atoms with van der Waals surface area (Å²) < 4.78 is 0. The topological polar surface area (TPSA) is 111 Å². The number of nitro groups is 2. The van der Waals surface area contributed by atoms with Gasteiger partial charge in [-0.15, -0.1) is 0 Å². The van der Waals surface area contributed by atoms with E-state index in [4.69, 9.17) is 5.10 Å². The zero-order valence-corrected chi connectivity index (χ0v) is 20.2. The molecule has 4 rings (SSSR count). The SMILES string of the molecule is CCC1(C)CCC2(C)C(CCC3(C)/C(=N/Nc4ccc([N+](=O)[O-])cc4[N+](=O)[O-])CCCC32)C1. The molecule has 3 aliphatic carbocycles. The van der Waals surface area contributed by atoms with Crippen molar-refractivity contribution < 1.29 is 9.85 Å². The van der Waals surface area contributed by atoms with Gasteiger partial charge in [0.05, 0.1) is 15.9 Å². The van der Waals surface area contributed by atoms with Crippen LogP contribution >= 0.6 is 0 Å². The number of hydrogen-bond donors (Lipinski definition) is 1. The fourth-order valence-corrected chi connectivity index (χ4v) is 7.24. The molecule has 0 spiro atoms. The molecule has 0 aromatic heterocycles. The van der Waals surface area contributed by atoms with Gasteiger partial charge in [-0.3, -0.25) is 25.7 Å². The second-order valence-corrected chi connectivity index (χ2v) is 11.4. The highest BCUT2D eigenvalue weighted by Crippen LogP contribution is 2.65. The number of rotatable bonds is 5. The summed E-state index contributed by atoms with van der Waals surface area (Å²) in [6.45, 7) is 9.63. The molecule has 5 unspecified atom stereocenters. The first-order chi connectivity index (χ1) is 15.5. The smallest absolute Gasteiger partial charge is 0.272 e. The summed E-state index contributed by atoms with van der Waals surface area (Å²) in [4.78, 5) is 21.3. The summed E-state index contributed by atoms with van der Waals surface area (Å²) in [5.41, 5.74) is 4.33. The van der Waals surface area contributed by atoms with Crippen molar-refractivity contribution in [2.45, 2.75) is 85.5 Å². The van der Waals surface area contributed by atoms with Crippen molar-refractivity contribution in [3.05, 3.63) is 38.4 Å². The molecule has 1 aromatic carbocycles. The number of nitrogens with one attached hydrogen (secondary N) is 1. The summed E-state index contributed by atoms with van der Waals surface area (Å²) in [6.07, 6.45) is 10.6. The van der Waals surface area contributed by atoms with Crippen LogP contribution in [0.2, 0.25) is 0 Å². The molecule has 0 saturated heterocycles. The molecule has 0 bridgehead atoms. The number of hydrogen-bond acceptors (Lipinski definition) is 6. The summed E-state index contributed by atoms with van der Waals surface area (Å²) >= 11 is 0. The molecule has 8 nitrogen and oxygen atoms in total. The standard InChI is InChI=1S/C25H36N4O4/c1-5-23(2)13-14-24(3)17(16-23)11-12-25(4)21(24)7-6-8-22(25)27-26-19-10-9-18(28(30)31)15-20(19)29(32)33/h9-10,15,17,21,26H,5-8,11-14,16H2,1-4H3/b27-22+. The van der Waals surface area contributed by atoms with Gasteiger partial charge in [0.1, 0.15) is 5.69 Å². The number of anilines is 1. The fraction of sp³-hybridized carbons (Fsp3) is 0.720. The first-order valence-corrected chi connectivity index (χ1v) is 12.3. The van der Waals surface area contributed by atoms with Crippen LogP contribution in [0.3, 0.4) is 0 Å². The Hall–Kier alpha value is -2.51. The second kappa shape index (κ2) is 8.37. The Kier molecular flexibility index (Phi) is 5.99. The van der Waals surface area contributed by atoms with Gasteiger partial charge in [-0.05, 0) is 80.1 Å². The number of fused-ring (bicyclic) bond motifs is 3. The minimum atomic E-state index is -0.623. The van der Waals surface area contributed by atoms with Crippen LogP contribution in [0, 0.1) is 48.3 Å². The maximum absolute atomic E-state index is 11.5. The normalized spacial score (nSPS) is 37.2. The highest BCUT2D eigenvalue weighted by Gasteiger charge is 2.58. The number of nitrogens with zero attached hydrogens (tertiary/aromatic N) is 3. The Bertz CT molecular complexity index is 995. The zero-order chi connectivity index (χ0) is 24.0. The Balaban J connectivity index is 1.61. The molecule has 3 saturated carbocycles. The monoisotopic (exact) mass is 456 g/mol. The molecule has 5 atom stereocenters. The van der Waals surface area contributed by atoms with Gasteiger partial charge in [0.25, 0.3) is 5.69 Å². The lowest BCUT2D eigenvalue weighted by Crippen LogP contribution is -2.56. The molecular weight excluding hydrogens is 420 g/mol. The molecule has 0 heterocycles. The highest BCUT2D eigenvalue weighted by molar-refractivity contribution is 5.92. The molecule has 1 N–H and O–H groups in total. The van der Waals surface area contributed by atoms with Crippen LogP contribution in [0.25, 0.3) is 0 Å². The number of benzene rings is 1. The van der Waals surface area contributed by atoms with E-state index in [-0.39, 0.29) is 22.5 Å². The second-order valence-electron chi connectivity index (χ2n) is 11.4. The highest BCUT2D eigenvalue weighted by atomic mass is 16.6. The number of non-ortho nitro benzene ring substituents is 1. The van der Waals surface area contributed by atoms with Crippen LogP contribution in [-0.4, -0.2) is 15.6 Å². The Morgan fingerprint density at radius 3 is 2.52 bits per heavy atom. The van der Waals surface area contributed by atoms with Crippen LogP contribution in [-0.2, 0) is 0 Å². The molecule has 180 valence electrons. The lowest BCUT2D eigenvalue weighted by atomic mass is 9.42. The van der Waals surface area contributed by atoms with Crippen molar-refractivity contribution in [2.24, 2.45) is 33.2 Å². The zero-order valence-electron chi connectivity index (χ0n) is 20.2. The van der Waals surface area contributed by atoms with Crippen molar-refractivity contribution in [1.29, 1.82) is 0 Å². The number of hydrazone groups is 1. The molecule has 33 heavy (non-hydrogen) atoms. The summed E-state index contributed by atoms with van der Waals surface area (Å²) in [5, 5.41) is 27.3. The van der Waals surface area contributed by atoms with E-state index >= 15 is 0 Å². The molecule has 1 aromatic rings. The Labute approximate surface area is 195 Å². The van der Waals surface area contributed by atoms with E-state index in [2.05, 4.69) is 33.1 Å². The van der Waals surface area contributed by atoms with Crippen LogP contribution in [0.4, 0.5) is 17.1 Å². The first kappa shape index (κ1) is 23.6. The van der Waals surface area contributed by atoms with Gasteiger partial charge in [0.15, 0.2) is 0 Å². The largest absolute Gasteiger partial charge is 0.301 e. The molecule has 0 amide bonds. The van der Waals surface area contributed by atoms with Crippen molar-refractivity contribution in [1.82, 2.24) is 0 Å². The minimum absolute atomic E-state index is 0.0218. The Morgan fingerprint density at radius 2 is 1.85 bits per heavy atom. The van der Waals surface area contributed by atoms with Crippen molar-refractivity contribution in [3.8, 4) is 0 Å². The van der Waals surface area contributed by atoms with E-state index < -0.39 is 9.85 Å². The predicted octanol–water partition coefficient (Wildman–Crippen LogP) is 7.09. The summed E-state index contributed by atoms with van der Waals surface area (Å²) in [6, 6.07) is 3.65. The van der Waals surface area contributed by atoms with Gasteiger partial charge >= 0.3 is 5.69 Å². The Morgan fingerprint density at radius 1 is 1.09 bits per heavy atom. The molecule has 3 aliphatic rings. The van der Waals surface area contributed by atoms with E-state index in [9.17, 15) is 20.2 Å². The van der Waals surface area contributed by atoms with Gasteiger partial charge < -0.3 is 0 Å². The maximum atomic E-state index is 11.5. The average Bonchev–Trinajstić information content (AvgIpc) is 2.78. The van der Waals surface area contributed by atoms with E-state index in [0.29, 0.717) is 16.7 Å². The van der Waals surface area contributed by atoms with Gasteiger partial charge in [-0.25, -0.2) is 0 Å². The molecular formula is C25H36N4O4. The first-order valence-electron chi connectivity index (χ1n) is 12.3. The van der Waals surface area contributed by atoms with Crippen molar-refractivity contribution in [3.63, 3.8) is 0 Å². The molecule has 3 fully saturated rings. The predicted molar refractivity (Wildman–Crippen MR) is 129 cm³/mol. The van der Waals surface area contributed by atoms with Crippen LogP contribution in [0.15, 0.2) is 23.3 Å². The minimum Gasteiger partial charge on any atom is -0.272 e. The third-order valence-corrected chi connectivity index (χ3v) is 9.64. The van der Waals surface area contributed by atoms with Crippen LogP contribution in [0.5, 0.6) is 0 Å². The lowest BCUT2D eigenvalue weighted by Gasteiger charge is -2.62. The van der Waals surface area contributed by atoms with Gasteiger partial charge in [-0.1, -0.05) is 34.1 Å². The summed E-state index contributed by atoms with van der Waals surface area (Å²) in [5.74, 6) is 1.31. The van der Waals surface area contributed by atoms with E-state index in [1.165, 1.54) is 50.7 Å². The van der Waals surface area contributed by atoms with Gasteiger partial charge in [0.2, 0.25) is 0 Å². The van der Waals surface area contributed by atoms with Crippen molar-refractivity contribution >= 4 is 22.8 Å². The molecule has 8 heteroatoms. The van der Waals surface area contributed by atoms with E-state index in [1.807, 2.05) is 0 Å². The molecule has 0 aliphatic heterocycles. The quantitative estimate of drug-likeness (QED) is 0.375. The van der Waals surface area contributed by atoms with E-state index in [1.54, 1.807) is 0 Å². The molecule has 0 radical (unpaired) electrons. The van der Waals surface area contributed by atoms with Gasteiger partial charge in [-0.2, -0.15) is 5.10 Å². The lowest BCUT2D eigenvalue weighted by molar-refractivity contribution is -0.393. The van der Waals surface area contributed by atoms with Gasteiger partial charge in [0, 0.05) is 17.2 Å². The maximum Gasteiger partial charge on any atom is 0.301 e.